The molecule has 18 heavy (non-hydrogen) atoms. The second kappa shape index (κ2) is 5.30. The Morgan fingerprint density at radius 2 is 2.28 bits per heavy atom. The van der Waals surface area contributed by atoms with Crippen LogP contribution in [0.25, 0.3) is 11.4 Å². The number of pyridine rings is 1. The van der Waals surface area contributed by atoms with Crippen LogP contribution in [0.1, 0.15) is 12.2 Å². The third-order valence-electron chi connectivity index (χ3n) is 2.59. The van der Waals surface area contributed by atoms with E-state index in [0.717, 1.165) is 21.8 Å². The van der Waals surface area contributed by atoms with E-state index in [9.17, 15) is 4.79 Å². The molecule has 0 spiro atoms. The molecule has 0 aliphatic carbocycles. The van der Waals surface area contributed by atoms with Crippen LogP contribution in [0, 0.1) is 0 Å². The van der Waals surface area contributed by atoms with Crippen molar-refractivity contribution < 1.29 is 9.90 Å². The Hall–Kier alpha value is -1.69. The maximum atomic E-state index is 10.6. The molecular weight excluding hydrogens is 298 g/mol. The second-order valence-electron chi connectivity index (χ2n) is 3.84. The van der Waals surface area contributed by atoms with Gasteiger partial charge in [-0.25, -0.2) is 4.98 Å². The van der Waals surface area contributed by atoms with Crippen LogP contribution in [0.3, 0.4) is 0 Å². The zero-order chi connectivity index (χ0) is 13.1. The van der Waals surface area contributed by atoms with Crippen LogP contribution in [-0.4, -0.2) is 25.6 Å². The summed E-state index contributed by atoms with van der Waals surface area (Å²) < 4.78 is 2.65. The Balaban J connectivity index is 2.33. The number of rotatable bonds is 4. The van der Waals surface area contributed by atoms with Crippen LogP contribution in [-0.2, 0) is 18.3 Å². The number of halogens is 1. The highest BCUT2D eigenvalue weighted by molar-refractivity contribution is 9.10. The summed E-state index contributed by atoms with van der Waals surface area (Å²) in [6.07, 6.45) is 2.17. The summed E-state index contributed by atoms with van der Waals surface area (Å²) in [5.41, 5.74) is 1.50. The van der Waals surface area contributed by atoms with Gasteiger partial charge in [0.15, 0.2) is 0 Å². The number of hydrogen-bond donors (Lipinski definition) is 1. The average molecular weight is 310 g/mol. The van der Waals surface area contributed by atoms with Crippen molar-refractivity contribution in [1.82, 2.24) is 14.5 Å². The molecule has 6 heteroatoms. The molecule has 1 N–H and O–H groups in total. The molecule has 0 bridgehead atoms. The van der Waals surface area contributed by atoms with Crippen molar-refractivity contribution >= 4 is 21.9 Å². The molecule has 2 aromatic heterocycles. The highest BCUT2D eigenvalue weighted by Crippen LogP contribution is 2.26. The van der Waals surface area contributed by atoms with Crippen molar-refractivity contribution in [2.75, 3.05) is 0 Å². The molecule has 0 aromatic carbocycles. The van der Waals surface area contributed by atoms with E-state index in [1.807, 2.05) is 29.8 Å². The predicted octanol–water partition coefficient (Wildman–Crippen LogP) is 2.26. The van der Waals surface area contributed by atoms with Gasteiger partial charge in [0.25, 0.3) is 0 Å². The Labute approximate surface area is 113 Å². The smallest absolute Gasteiger partial charge is 0.303 e. The number of carbonyl (C=O) groups is 1. The number of hydrogen-bond acceptors (Lipinski definition) is 3. The van der Waals surface area contributed by atoms with Gasteiger partial charge in [0.1, 0.15) is 16.1 Å². The van der Waals surface area contributed by atoms with E-state index in [4.69, 9.17) is 5.11 Å². The number of aliphatic carboxylic acids is 1. The monoisotopic (exact) mass is 309 g/mol. The maximum Gasteiger partial charge on any atom is 0.303 e. The molecule has 0 amide bonds. The average Bonchev–Trinajstić information content (AvgIpc) is 2.65. The predicted molar refractivity (Wildman–Crippen MR) is 70.1 cm³/mol. The number of aryl methyl sites for hydroxylation is 1. The standard InChI is InChI=1S/C12H12BrN3O2/c1-16-9(5-6-10(17)18)15-11(12(16)13)8-4-2-3-7-14-8/h2-4,7H,5-6H2,1H3,(H,17,18). The summed E-state index contributed by atoms with van der Waals surface area (Å²) in [5, 5.41) is 8.70. The topological polar surface area (TPSA) is 68.0 Å². The van der Waals surface area contributed by atoms with Crippen LogP contribution < -0.4 is 0 Å². The summed E-state index contributed by atoms with van der Waals surface area (Å²) in [4.78, 5) is 19.3. The molecular formula is C12H12BrN3O2. The Kier molecular flexibility index (Phi) is 3.76. The number of carboxylic acid groups (broad SMARTS) is 1. The first-order valence-electron chi connectivity index (χ1n) is 5.44. The molecule has 94 valence electrons. The molecule has 0 aliphatic heterocycles. The zero-order valence-electron chi connectivity index (χ0n) is 9.80. The van der Waals surface area contributed by atoms with Crippen LogP contribution in [0.2, 0.25) is 0 Å². The lowest BCUT2D eigenvalue weighted by Gasteiger charge is -1.99. The van der Waals surface area contributed by atoms with E-state index in [2.05, 4.69) is 25.9 Å². The third-order valence-corrected chi connectivity index (χ3v) is 3.50. The largest absolute Gasteiger partial charge is 0.481 e. The molecule has 0 saturated carbocycles. The molecule has 2 rings (SSSR count). The minimum Gasteiger partial charge on any atom is -0.481 e. The first-order valence-corrected chi connectivity index (χ1v) is 6.23. The number of imidazole rings is 1. The molecule has 0 unspecified atom stereocenters. The Morgan fingerprint density at radius 3 is 2.89 bits per heavy atom. The molecule has 0 aliphatic rings. The van der Waals surface area contributed by atoms with E-state index in [1.165, 1.54) is 0 Å². The molecule has 5 nitrogen and oxygen atoms in total. The first-order chi connectivity index (χ1) is 8.59. The van der Waals surface area contributed by atoms with Crippen molar-refractivity contribution in [3.05, 3.63) is 34.8 Å². The molecule has 2 heterocycles. The van der Waals surface area contributed by atoms with Crippen molar-refractivity contribution in [2.24, 2.45) is 7.05 Å². The third kappa shape index (κ3) is 2.59. The number of carboxylic acids is 1. The lowest BCUT2D eigenvalue weighted by molar-refractivity contribution is -0.137. The van der Waals surface area contributed by atoms with Gasteiger partial charge in [0.2, 0.25) is 0 Å². The zero-order valence-corrected chi connectivity index (χ0v) is 11.4. The van der Waals surface area contributed by atoms with Crippen LogP contribution in [0.4, 0.5) is 0 Å². The van der Waals surface area contributed by atoms with Crippen LogP contribution in [0.5, 0.6) is 0 Å². The van der Waals surface area contributed by atoms with Crippen molar-refractivity contribution in [3.63, 3.8) is 0 Å². The fourth-order valence-electron chi connectivity index (χ4n) is 1.63. The quantitative estimate of drug-likeness (QED) is 0.940. The SMILES string of the molecule is Cn1c(CCC(=O)O)nc(-c2ccccn2)c1Br. The van der Waals surface area contributed by atoms with Gasteiger partial charge < -0.3 is 9.67 Å². The molecule has 0 fully saturated rings. The van der Waals surface area contributed by atoms with Gasteiger partial charge in [-0.3, -0.25) is 9.78 Å². The van der Waals surface area contributed by atoms with Crippen molar-refractivity contribution in [1.29, 1.82) is 0 Å². The summed E-state index contributed by atoms with van der Waals surface area (Å²) in [5.74, 6) is -0.0987. The lowest BCUT2D eigenvalue weighted by Crippen LogP contribution is -2.03. The Bertz CT molecular complexity index is 566. The number of aromatic nitrogens is 3. The van der Waals surface area contributed by atoms with Crippen LogP contribution >= 0.6 is 15.9 Å². The second-order valence-corrected chi connectivity index (χ2v) is 4.59. The minimum atomic E-state index is -0.825. The molecule has 2 aromatic rings. The van der Waals surface area contributed by atoms with E-state index >= 15 is 0 Å². The van der Waals surface area contributed by atoms with E-state index in [-0.39, 0.29) is 6.42 Å². The van der Waals surface area contributed by atoms with Gasteiger partial charge >= 0.3 is 5.97 Å². The first kappa shape index (κ1) is 12.8. The van der Waals surface area contributed by atoms with E-state index < -0.39 is 5.97 Å². The molecule has 0 atom stereocenters. The Morgan fingerprint density at radius 1 is 1.50 bits per heavy atom. The summed E-state index contributed by atoms with van der Waals surface area (Å²) in [6.45, 7) is 0. The maximum absolute atomic E-state index is 10.6. The van der Waals surface area contributed by atoms with Gasteiger partial charge in [0, 0.05) is 19.7 Å². The van der Waals surface area contributed by atoms with Crippen molar-refractivity contribution in [2.45, 2.75) is 12.8 Å². The fraction of sp³-hybridized carbons (Fsp3) is 0.250. The van der Waals surface area contributed by atoms with E-state index in [0.29, 0.717) is 6.42 Å². The highest BCUT2D eigenvalue weighted by Gasteiger charge is 2.15. The highest BCUT2D eigenvalue weighted by atomic mass is 79.9. The van der Waals surface area contributed by atoms with Crippen LogP contribution in [0.15, 0.2) is 29.0 Å². The minimum absolute atomic E-state index is 0.0684. The van der Waals surface area contributed by atoms with Gasteiger partial charge in [-0.05, 0) is 28.1 Å². The molecule has 0 radical (unpaired) electrons. The van der Waals surface area contributed by atoms with E-state index in [1.54, 1.807) is 6.20 Å². The molecule has 0 saturated heterocycles. The van der Waals surface area contributed by atoms with Gasteiger partial charge in [-0.1, -0.05) is 6.07 Å². The van der Waals surface area contributed by atoms with Gasteiger partial charge in [0.05, 0.1) is 12.1 Å². The summed E-state index contributed by atoms with van der Waals surface area (Å²) >= 11 is 3.46. The fourth-order valence-corrected chi connectivity index (χ4v) is 2.13. The normalized spacial score (nSPS) is 10.6. The van der Waals surface area contributed by atoms with Gasteiger partial charge in [-0.2, -0.15) is 0 Å². The van der Waals surface area contributed by atoms with Gasteiger partial charge in [-0.15, -0.1) is 0 Å². The summed E-state index contributed by atoms with van der Waals surface area (Å²) in [7, 11) is 1.85. The van der Waals surface area contributed by atoms with Crippen molar-refractivity contribution in [3.8, 4) is 11.4 Å². The number of nitrogens with zero attached hydrogens (tertiary/aromatic N) is 3. The summed E-state index contributed by atoms with van der Waals surface area (Å²) in [6, 6.07) is 5.60. The lowest BCUT2D eigenvalue weighted by atomic mass is 10.3.